The predicted molar refractivity (Wildman–Crippen MR) is 58.6 cm³/mol. The molecule has 0 radical (unpaired) electrons. The van der Waals surface area contributed by atoms with Crippen molar-refractivity contribution in [1.82, 2.24) is 0 Å². The molecule has 1 nitrogen and oxygen atoms in total. The first-order valence-corrected chi connectivity index (χ1v) is 3.80. The van der Waals surface area contributed by atoms with Crippen molar-refractivity contribution in [2.45, 2.75) is 4.90 Å². The molecule has 0 heterocycles. The summed E-state index contributed by atoms with van der Waals surface area (Å²) in [4.78, 5) is 1.24. The quantitative estimate of drug-likeness (QED) is 0.500. The van der Waals surface area contributed by atoms with E-state index in [0.29, 0.717) is 5.88 Å². The van der Waals surface area contributed by atoms with Crippen molar-refractivity contribution in [1.29, 1.82) is 0 Å². The van der Waals surface area contributed by atoms with Crippen molar-refractivity contribution in [2.24, 2.45) is 5.73 Å². The maximum atomic E-state index is 5.32. The van der Waals surface area contributed by atoms with Crippen molar-refractivity contribution >= 4 is 24.2 Å². The van der Waals surface area contributed by atoms with Crippen LogP contribution in [0, 0.1) is 0 Å². The van der Waals surface area contributed by atoms with Gasteiger partial charge < -0.3 is 5.73 Å². The summed E-state index contributed by atoms with van der Waals surface area (Å²) in [5.41, 5.74) is 5.32. The number of hydrogen-bond donors (Lipinski definition) is 1. The number of thioether (sulfide) groups is 1. The number of nitrogens with two attached hydrogens (primary N) is 1. The van der Waals surface area contributed by atoms with Gasteiger partial charge in [-0.25, -0.2) is 0 Å². The standard InChI is InChI=1S/C7H9NS.ClH.4FH/c8-6-9-7-4-2-1-3-5-7;;;;;/h1-5H,6,8H2;5*1H. The molecule has 1 aromatic rings. The van der Waals surface area contributed by atoms with Gasteiger partial charge in [-0.1, -0.05) is 18.2 Å². The lowest BCUT2D eigenvalue weighted by atomic mass is 10.4. The molecule has 0 aliphatic carbocycles. The Morgan fingerprint density at radius 2 is 1.36 bits per heavy atom. The molecule has 1 aromatic carbocycles. The zero-order valence-electron chi connectivity index (χ0n) is 7.12. The normalized spacial score (nSPS) is 6.07. The maximum Gasteiger partial charge on any atom is 0.0440 e. The SMILES string of the molecule is Cl.F.F.F.F.NCSc1ccccc1. The Hall–Kier alpha value is -0.460. The molecule has 7 heteroatoms. The Bertz CT molecular complexity index is 179. The van der Waals surface area contributed by atoms with Gasteiger partial charge in [-0.15, -0.1) is 24.2 Å². The third-order valence-corrected chi connectivity index (χ3v) is 1.77. The van der Waals surface area contributed by atoms with E-state index in [1.165, 1.54) is 4.90 Å². The predicted octanol–water partition coefficient (Wildman–Crippen LogP) is 2.73. The van der Waals surface area contributed by atoms with Crippen LogP contribution in [0.15, 0.2) is 35.2 Å². The monoisotopic (exact) mass is 255 g/mol. The van der Waals surface area contributed by atoms with Gasteiger partial charge in [0.2, 0.25) is 0 Å². The van der Waals surface area contributed by atoms with E-state index >= 15 is 0 Å². The van der Waals surface area contributed by atoms with Crippen LogP contribution in [-0.4, -0.2) is 5.88 Å². The highest BCUT2D eigenvalue weighted by atomic mass is 35.5. The summed E-state index contributed by atoms with van der Waals surface area (Å²) in [6.45, 7) is 0. The second-order valence-corrected chi connectivity index (χ2v) is 2.72. The van der Waals surface area contributed by atoms with Crippen LogP contribution in [0.1, 0.15) is 0 Å². The van der Waals surface area contributed by atoms with Gasteiger partial charge in [-0.3, -0.25) is 18.8 Å². The van der Waals surface area contributed by atoms with Gasteiger partial charge in [-0.2, -0.15) is 0 Å². The molecule has 0 saturated heterocycles. The maximum absolute atomic E-state index is 5.32. The third-order valence-electron chi connectivity index (χ3n) is 0.993. The second kappa shape index (κ2) is 18.3. The molecule has 0 atom stereocenters. The van der Waals surface area contributed by atoms with Gasteiger partial charge in [0, 0.05) is 10.8 Å². The summed E-state index contributed by atoms with van der Waals surface area (Å²) in [6.07, 6.45) is 0. The highest BCUT2D eigenvalue weighted by Crippen LogP contribution is 2.13. The lowest BCUT2D eigenvalue weighted by Crippen LogP contribution is -1.90. The largest absolute Gasteiger partial charge is 0.322 e. The van der Waals surface area contributed by atoms with Crippen LogP contribution in [0.3, 0.4) is 0 Å². The lowest BCUT2D eigenvalue weighted by Gasteiger charge is -1.93. The highest BCUT2D eigenvalue weighted by molar-refractivity contribution is 7.99. The Morgan fingerprint density at radius 3 is 1.71 bits per heavy atom. The summed E-state index contributed by atoms with van der Waals surface area (Å²) in [5, 5.41) is 0. The zero-order valence-corrected chi connectivity index (χ0v) is 8.75. The van der Waals surface area contributed by atoms with Crippen LogP contribution >= 0.6 is 24.2 Å². The molecule has 88 valence electrons. The van der Waals surface area contributed by atoms with Crippen LogP contribution < -0.4 is 5.73 Å². The smallest absolute Gasteiger partial charge is 0.0440 e. The van der Waals surface area contributed by atoms with Crippen molar-refractivity contribution < 1.29 is 18.8 Å². The molecule has 0 aliphatic rings. The van der Waals surface area contributed by atoms with E-state index in [-0.39, 0.29) is 31.2 Å². The fraction of sp³-hybridized carbons (Fsp3) is 0.143. The molecule has 14 heavy (non-hydrogen) atoms. The van der Waals surface area contributed by atoms with Crippen molar-refractivity contribution in [3.63, 3.8) is 0 Å². The number of hydrogen-bond acceptors (Lipinski definition) is 2. The summed E-state index contributed by atoms with van der Waals surface area (Å²) >= 11 is 1.65. The van der Waals surface area contributed by atoms with Gasteiger partial charge in [0.25, 0.3) is 0 Å². The molecular weight excluding hydrogens is 242 g/mol. The Kier molecular flexibility index (Phi) is 38.3. The summed E-state index contributed by atoms with van der Waals surface area (Å²) in [6, 6.07) is 10.1. The molecule has 0 bridgehead atoms. The minimum Gasteiger partial charge on any atom is -0.322 e. The van der Waals surface area contributed by atoms with Crippen LogP contribution in [0.2, 0.25) is 0 Å². The van der Waals surface area contributed by atoms with Gasteiger partial charge in [-0.05, 0) is 12.1 Å². The Balaban J connectivity index is -0.0000000540. The van der Waals surface area contributed by atoms with Crippen molar-refractivity contribution in [2.75, 3.05) is 5.88 Å². The topological polar surface area (TPSA) is 26.0 Å². The number of rotatable bonds is 2. The van der Waals surface area contributed by atoms with E-state index in [0.717, 1.165) is 0 Å². The zero-order chi connectivity index (χ0) is 6.53. The van der Waals surface area contributed by atoms with E-state index in [2.05, 4.69) is 12.1 Å². The van der Waals surface area contributed by atoms with Crippen LogP contribution in [0.5, 0.6) is 0 Å². The van der Waals surface area contributed by atoms with E-state index < -0.39 is 0 Å². The summed E-state index contributed by atoms with van der Waals surface area (Å²) in [5.74, 6) is 0.657. The van der Waals surface area contributed by atoms with Crippen molar-refractivity contribution in [3.8, 4) is 0 Å². The van der Waals surface area contributed by atoms with Gasteiger partial charge in [0.05, 0.1) is 0 Å². The van der Waals surface area contributed by atoms with Crippen LogP contribution in [0.25, 0.3) is 0 Å². The molecule has 0 fully saturated rings. The van der Waals surface area contributed by atoms with Crippen LogP contribution in [0.4, 0.5) is 18.8 Å². The average Bonchev–Trinajstić information content (AvgIpc) is 1.91. The van der Waals surface area contributed by atoms with Gasteiger partial charge >= 0.3 is 0 Å². The molecule has 0 amide bonds. The van der Waals surface area contributed by atoms with E-state index in [1.54, 1.807) is 11.8 Å². The van der Waals surface area contributed by atoms with Crippen LogP contribution in [-0.2, 0) is 0 Å². The second-order valence-electron chi connectivity index (χ2n) is 1.62. The Labute approximate surface area is 90.3 Å². The van der Waals surface area contributed by atoms with E-state index in [1.807, 2.05) is 18.2 Å². The fourth-order valence-electron chi connectivity index (χ4n) is 0.613. The molecule has 0 aliphatic heterocycles. The molecule has 0 unspecified atom stereocenters. The average molecular weight is 256 g/mol. The van der Waals surface area contributed by atoms with Crippen molar-refractivity contribution in [3.05, 3.63) is 30.3 Å². The molecule has 2 N–H and O–H groups in total. The molecule has 1 rings (SSSR count). The van der Waals surface area contributed by atoms with E-state index in [4.69, 9.17) is 5.73 Å². The molecule has 0 aromatic heterocycles. The highest BCUT2D eigenvalue weighted by Gasteiger charge is 1.85. The lowest BCUT2D eigenvalue weighted by molar-refractivity contribution is 1.11. The molecule has 0 spiro atoms. The van der Waals surface area contributed by atoms with Gasteiger partial charge in [0.1, 0.15) is 0 Å². The minimum absolute atomic E-state index is 0. The molecule has 0 saturated carbocycles. The first kappa shape index (κ1) is 29.2. The fourth-order valence-corrected chi connectivity index (χ4v) is 1.15. The first-order valence-electron chi connectivity index (χ1n) is 2.81. The van der Waals surface area contributed by atoms with Gasteiger partial charge in [0.15, 0.2) is 0 Å². The Morgan fingerprint density at radius 1 is 0.929 bits per heavy atom. The number of halogens is 5. The number of benzene rings is 1. The van der Waals surface area contributed by atoms with E-state index in [9.17, 15) is 0 Å². The minimum atomic E-state index is 0. The third kappa shape index (κ3) is 11.5. The summed E-state index contributed by atoms with van der Waals surface area (Å²) in [7, 11) is 0. The first-order chi connectivity index (χ1) is 4.43. The molecular formula is C7H14ClF4NS. The summed E-state index contributed by atoms with van der Waals surface area (Å²) < 4.78 is 0.